The van der Waals surface area contributed by atoms with Gasteiger partial charge in [0.1, 0.15) is 5.82 Å². The predicted molar refractivity (Wildman–Crippen MR) is 86.4 cm³/mol. The third kappa shape index (κ3) is 4.44. The standard InChI is InChI=1S/C14H13BrFNS2/c15-10-5-6-12(17)14(9-10)19-8-7-18-13-4-2-1-3-11(13)16/h1-6,9H,7-8,17H2. The van der Waals surface area contributed by atoms with E-state index in [0.29, 0.717) is 4.90 Å². The zero-order chi connectivity index (χ0) is 13.7. The minimum absolute atomic E-state index is 0.153. The van der Waals surface area contributed by atoms with Gasteiger partial charge < -0.3 is 5.73 Å². The van der Waals surface area contributed by atoms with Gasteiger partial charge in [-0.1, -0.05) is 28.1 Å². The number of rotatable bonds is 5. The van der Waals surface area contributed by atoms with Crippen molar-refractivity contribution < 1.29 is 4.39 Å². The van der Waals surface area contributed by atoms with Crippen molar-refractivity contribution in [2.24, 2.45) is 0 Å². The van der Waals surface area contributed by atoms with Gasteiger partial charge in [-0.3, -0.25) is 0 Å². The highest BCUT2D eigenvalue weighted by Gasteiger charge is 2.03. The second-order valence-electron chi connectivity index (χ2n) is 3.81. The number of nitrogens with two attached hydrogens (primary N) is 1. The van der Waals surface area contributed by atoms with Crippen LogP contribution in [0, 0.1) is 5.82 Å². The Kier molecular flexibility index (Phi) is 5.60. The molecule has 0 amide bonds. The average Bonchev–Trinajstić information content (AvgIpc) is 2.40. The van der Waals surface area contributed by atoms with Gasteiger partial charge in [0.25, 0.3) is 0 Å². The molecular formula is C14H13BrFNS2. The lowest BCUT2D eigenvalue weighted by Gasteiger charge is -2.06. The molecule has 0 aliphatic heterocycles. The highest BCUT2D eigenvalue weighted by Crippen LogP contribution is 2.30. The summed E-state index contributed by atoms with van der Waals surface area (Å²) in [6, 6.07) is 12.7. The van der Waals surface area contributed by atoms with E-state index in [-0.39, 0.29) is 5.82 Å². The van der Waals surface area contributed by atoms with E-state index in [1.165, 1.54) is 17.8 Å². The van der Waals surface area contributed by atoms with Gasteiger partial charge in [-0.2, -0.15) is 0 Å². The molecule has 0 atom stereocenters. The molecular weight excluding hydrogens is 345 g/mol. The fraction of sp³-hybridized carbons (Fsp3) is 0.143. The molecule has 0 spiro atoms. The van der Waals surface area contributed by atoms with Crippen LogP contribution in [0.2, 0.25) is 0 Å². The zero-order valence-corrected chi connectivity index (χ0v) is 13.3. The summed E-state index contributed by atoms with van der Waals surface area (Å²) in [5, 5.41) is 0. The first kappa shape index (κ1) is 14.8. The summed E-state index contributed by atoms with van der Waals surface area (Å²) in [7, 11) is 0. The van der Waals surface area contributed by atoms with Gasteiger partial charge in [0, 0.05) is 31.5 Å². The minimum Gasteiger partial charge on any atom is -0.398 e. The van der Waals surface area contributed by atoms with Gasteiger partial charge in [-0.05, 0) is 30.3 Å². The molecule has 2 rings (SSSR count). The van der Waals surface area contributed by atoms with Crippen molar-refractivity contribution in [3.63, 3.8) is 0 Å². The summed E-state index contributed by atoms with van der Waals surface area (Å²) in [6.07, 6.45) is 0. The van der Waals surface area contributed by atoms with Gasteiger partial charge in [0.15, 0.2) is 0 Å². The van der Waals surface area contributed by atoms with Crippen LogP contribution < -0.4 is 5.73 Å². The molecule has 0 saturated heterocycles. The zero-order valence-electron chi connectivity index (χ0n) is 10.1. The molecule has 0 heterocycles. The third-order valence-electron chi connectivity index (χ3n) is 2.41. The number of hydrogen-bond donors (Lipinski definition) is 1. The van der Waals surface area contributed by atoms with Gasteiger partial charge in [-0.25, -0.2) is 4.39 Å². The van der Waals surface area contributed by atoms with Crippen LogP contribution in [0.25, 0.3) is 0 Å². The second-order valence-corrected chi connectivity index (χ2v) is 7.00. The lowest BCUT2D eigenvalue weighted by Crippen LogP contribution is -1.91. The Labute approximate surface area is 129 Å². The Balaban J connectivity index is 1.84. The van der Waals surface area contributed by atoms with E-state index >= 15 is 0 Å². The number of benzene rings is 2. The number of hydrogen-bond acceptors (Lipinski definition) is 3. The monoisotopic (exact) mass is 357 g/mol. The first-order valence-corrected chi connectivity index (χ1v) is 8.48. The number of anilines is 1. The van der Waals surface area contributed by atoms with E-state index in [9.17, 15) is 4.39 Å². The molecule has 19 heavy (non-hydrogen) atoms. The van der Waals surface area contributed by atoms with Gasteiger partial charge in [0.05, 0.1) is 0 Å². The molecule has 2 aromatic carbocycles. The topological polar surface area (TPSA) is 26.0 Å². The number of nitrogen functional groups attached to an aromatic ring is 1. The van der Waals surface area contributed by atoms with Crippen molar-refractivity contribution in [1.82, 2.24) is 0 Å². The Morgan fingerprint density at radius 1 is 1.00 bits per heavy atom. The van der Waals surface area contributed by atoms with E-state index in [0.717, 1.165) is 26.6 Å². The Bertz CT molecular complexity index is 563. The third-order valence-corrected chi connectivity index (χ3v) is 5.29. The molecule has 0 bridgehead atoms. The van der Waals surface area contributed by atoms with Crippen LogP contribution in [0.1, 0.15) is 0 Å². The SMILES string of the molecule is Nc1ccc(Br)cc1SCCSc1ccccc1F. The fourth-order valence-electron chi connectivity index (χ4n) is 1.50. The Hall–Kier alpha value is -0.650. The van der Waals surface area contributed by atoms with E-state index < -0.39 is 0 Å². The van der Waals surface area contributed by atoms with Crippen molar-refractivity contribution >= 4 is 45.1 Å². The quantitative estimate of drug-likeness (QED) is 0.460. The number of thioether (sulfide) groups is 2. The first-order chi connectivity index (χ1) is 9.16. The van der Waals surface area contributed by atoms with Crippen LogP contribution in [0.5, 0.6) is 0 Å². The van der Waals surface area contributed by atoms with Crippen molar-refractivity contribution in [2.45, 2.75) is 9.79 Å². The van der Waals surface area contributed by atoms with E-state index in [4.69, 9.17) is 5.73 Å². The summed E-state index contributed by atoms with van der Waals surface area (Å²) in [6.45, 7) is 0. The van der Waals surface area contributed by atoms with E-state index in [1.807, 2.05) is 24.3 Å². The van der Waals surface area contributed by atoms with Crippen molar-refractivity contribution in [3.8, 4) is 0 Å². The highest BCUT2D eigenvalue weighted by molar-refractivity contribution is 9.10. The maximum Gasteiger partial charge on any atom is 0.136 e. The highest BCUT2D eigenvalue weighted by atomic mass is 79.9. The molecule has 0 saturated carbocycles. The average molecular weight is 358 g/mol. The first-order valence-electron chi connectivity index (χ1n) is 5.72. The number of halogens is 2. The molecule has 100 valence electrons. The summed E-state index contributed by atoms with van der Waals surface area (Å²) < 4.78 is 14.4. The molecule has 5 heteroatoms. The van der Waals surface area contributed by atoms with Crippen LogP contribution in [0.15, 0.2) is 56.7 Å². The predicted octanol–water partition coefficient (Wildman–Crippen LogP) is 5.05. The van der Waals surface area contributed by atoms with Crippen molar-refractivity contribution in [1.29, 1.82) is 0 Å². The molecule has 2 aromatic rings. The molecule has 2 N–H and O–H groups in total. The molecule has 0 aliphatic rings. The van der Waals surface area contributed by atoms with Gasteiger partial charge in [0.2, 0.25) is 0 Å². The Morgan fingerprint density at radius 3 is 2.42 bits per heavy atom. The van der Waals surface area contributed by atoms with Crippen LogP contribution >= 0.6 is 39.5 Å². The van der Waals surface area contributed by atoms with E-state index in [1.54, 1.807) is 23.9 Å². The molecule has 0 aromatic heterocycles. The lowest BCUT2D eigenvalue weighted by molar-refractivity contribution is 0.602. The fourth-order valence-corrected chi connectivity index (χ4v) is 3.94. The summed E-state index contributed by atoms with van der Waals surface area (Å²) >= 11 is 6.64. The summed E-state index contributed by atoms with van der Waals surface area (Å²) in [5.74, 6) is 1.58. The second kappa shape index (κ2) is 7.22. The van der Waals surface area contributed by atoms with Gasteiger partial charge >= 0.3 is 0 Å². The molecule has 0 unspecified atom stereocenters. The van der Waals surface area contributed by atoms with Crippen LogP contribution in [0.4, 0.5) is 10.1 Å². The van der Waals surface area contributed by atoms with Crippen LogP contribution in [-0.4, -0.2) is 11.5 Å². The normalized spacial score (nSPS) is 10.6. The lowest BCUT2D eigenvalue weighted by atomic mass is 10.3. The Morgan fingerprint density at radius 2 is 1.68 bits per heavy atom. The maximum atomic E-state index is 13.4. The molecule has 0 radical (unpaired) electrons. The largest absolute Gasteiger partial charge is 0.398 e. The maximum absolute atomic E-state index is 13.4. The summed E-state index contributed by atoms with van der Waals surface area (Å²) in [5.41, 5.74) is 6.68. The van der Waals surface area contributed by atoms with Gasteiger partial charge in [-0.15, -0.1) is 23.5 Å². The minimum atomic E-state index is -0.153. The molecule has 1 nitrogen and oxygen atoms in total. The van der Waals surface area contributed by atoms with Crippen molar-refractivity contribution in [2.75, 3.05) is 17.2 Å². The van der Waals surface area contributed by atoms with E-state index in [2.05, 4.69) is 15.9 Å². The van der Waals surface area contributed by atoms with Crippen molar-refractivity contribution in [3.05, 3.63) is 52.8 Å². The summed E-state index contributed by atoms with van der Waals surface area (Å²) in [4.78, 5) is 1.76. The smallest absolute Gasteiger partial charge is 0.136 e. The van der Waals surface area contributed by atoms with Crippen LogP contribution in [0.3, 0.4) is 0 Å². The van der Waals surface area contributed by atoms with Crippen LogP contribution in [-0.2, 0) is 0 Å². The molecule has 0 aliphatic carbocycles. The molecule has 0 fully saturated rings.